The van der Waals surface area contributed by atoms with Crippen molar-refractivity contribution in [2.24, 2.45) is 0 Å². The van der Waals surface area contributed by atoms with Gasteiger partial charge < -0.3 is 13.9 Å². The van der Waals surface area contributed by atoms with E-state index in [4.69, 9.17) is 13.9 Å². The molecule has 0 atom stereocenters. The van der Waals surface area contributed by atoms with E-state index in [9.17, 15) is 4.79 Å². The van der Waals surface area contributed by atoms with Gasteiger partial charge in [0.1, 0.15) is 17.1 Å². The van der Waals surface area contributed by atoms with Crippen LogP contribution in [0, 0.1) is 0 Å². The number of furan rings is 1. The summed E-state index contributed by atoms with van der Waals surface area (Å²) in [5, 5.41) is 2.99. The number of nitrogens with zero attached hydrogens (tertiary/aromatic N) is 1. The van der Waals surface area contributed by atoms with Gasteiger partial charge in [-0.15, -0.1) is 0 Å². The third kappa shape index (κ3) is 3.25. The molecule has 2 aromatic rings. The van der Waals surface area contributed by atoms with Gasteiger partial charge in [-0.1, -0.05) is 0 Å². The average molecular weight is 330 g/mol. The molecule has 2 aliphatic rings. The van der Waals surface area contributed by atoms with Crippen LogP contribution in [0.5, 0.6) is 5.75 Å². The number of morpholine rings is 1. The SMILES string of the molecule is O=C(COc1ccc2oc3c(c2c1)CCCC3)NN1CCOCC1. The summed E-state index contributed by atoms with van der Waals surface area (Å²) in [4.78, 5) is 12.0. The van der Waals surface area contributed by atoms with E-state index in [1.165, 1.54) is 18.4 Å². The highest BCUT2D eigenvalue weighted by atomic mass is 16.5. The first kappa shape index (κ1) is 15.5. The zero-order valence-corrected chi connectivity index (χ0v) is 13.7. The predicted octanol–water partition coefficient (Wildman–Crippen LogP) is 2.05. The van der Waals surface area contributed by atoms with Crippen molar-refractivity contribution in [3.05, 3.63) is 29.5 Å². The van der Waals surface area contributed by atoms with Crippen LogP contribution in [0.3, 0.4) is 0 Å². The fourth-order valence-corrected chi connectivity index (χ4v) is 3.36. The van der Waals surface area contributed by atoms with E-state index in [0.717, 1.165) is 29.6 Å². The summed E-state index contributed by atoms with van der Waals surface area (Å²) in [6, 6.07) is 5.78. The van der Waals surface area contributed by atoms with Crippen molar-refractivity contribution in [2.45, 2.75) is 25.7 Å². The highest BCUT2D eigenvalue weighted by Gasteiger charge is 2.18. The Morgan fingerprint density at radius 1 is 1.21 bits per heavy atom. The van der Waals surface area contributed by atoms with Crippen molar-refractivity contribution in [2.75, 3.05) is 32.9 Å². The van der Waals surface area contributed by atoms with Crippen LogP contribution in [-0.4, -0.2) is 43.8 Å². The van der Waals surface area contributed by atoms with E-state index in [1.807, 2.05) is 23.2 Å². The van der Waals surface area contributed by atoms with E-state index in [2.05, 4.69) is 5.43 Å². The Labute approximate surface area is 140 Å². The smallest absolute Gasteiger partial charge is 0.272 e. The number of rotatable bonds is 4. The highest BCUT2D eigenvalue weighted by molar-refractivity contribution is 5.84. The van der Waals surface area contributed by atoms with Crippen molar-refractivity contribution in [1.82, 2.24) is 10.4 Å². The number of hydrazine groups is 1. The maximum Gasteiger partial charge on any atom is 0.272 e. The van der Waals surface area contributed by atoms with Crippen LogP contribution < -0.4 is 10.2 Å². The molecule has 1 aliphatic heterocycles. The molecule has 1 N–H and O–H groups in total. The van der Waals surface area contributed by atoms with Gasteiger partial charge in [0.05, 0.1) is 13.2 Å². The van der Waals surface area contributed by atoms with Crippen LogP contribution in [0.4, 0.5) is 0 Å². The monoisotopic (exact) mass is 330 g/mol. The largest absolute Gasteiger partial charge is 0.484 e. The van der Waals surface area contributed by atoms with E-state index in [-0.39, 0.29) is 12.5 Å². The summed E-state index contributed by atoms with van der Waals surface area (Å²) < 4.78 is 16.8. The van der Waals surface area contributed by atoms with Gasteiger partial charge in [0, 0.05) is 30.5 Å². The van der Waals surface area contributed by atoms with Gasteiger partial charge in [0.2, 0.25) is 0 Å². The molecule has 1 amide bonds. The molecule has 1 fully saturated rings. The normalized spacial score (nSPS) is 18.3. The zero-order valence-electron chi connectivity index (χ0n) is 13.7. The van der Waals surface area contributed by atoms with Gasteiger partial charge in [-0.2, -0.15) is 0 Å². The third-order valence-corrected chi connectivity index (χ3v) is 4.59. The van der Waals surface area contributed by atoms with Crippen LogP contribution >= 0.6 is 0 Å². The van der Waals surface area contributed by atoms with Crippen molar-refractivity contribution >= 4 is 16.9 Å². The molecule has 4 rings (SSSR count). The Bertz CT molecular complexity index is 734. The molecule has 128 valence electrons. The van der Waals surface area contributed by atoms with Crippen LogP contribution in [-0.2, 0) is 22.4 Å². The van der Waals surface area contributed by atoms with Crippen LogP contribution in [0.2, 0.25) is 0 Å². The number of hydrogen-bond acceptors (Lipinski definition) is 5. The summed E-state index contributed by atoms with van der Waals surface area (Å²) >= 11 is 0. The molecule has 6 heteroatoms. The number of carbonyl (C=O) groups is 1. The number of aryl methyl sites for hydroxylation is 2. The second kappa shape index (κ2) is 6.83. The first-order valence-corrected chi connectivity index (χ1v) is 8.59. The minimum Gasteiger partial charge on any atom is -0.484 e. The third-order valence-electron chi connectivity index (χ3n) is 4.59. The molecule has 0 spiro atoms. The lowest BCUT2D eigenvalue weighted by atomic mass is 9.96. The Hall–Kier alpha value is -2.05. The van der Waals surface area contributed by atoms with Crippen molar-refractivity contribution in [1.29, 1.82) is 0 Å². The number of hydrogen-bond donors (Lipinski definition) is 1. The van der Waals surface area contributed by atoms with Crippen molar-refractivity contribution in [3.63, 3.8) is 0 Å². The molecule has 0 radical (unpaired) electrons. The average Bonchev–Trinajstić information content (AvgIpc) is 2.99. The minimum atomic E-state index is -0.147. The first-order chi connectivity index (χ1) is 11.8. The number of amides is 1. The fraction of sp³-hybridized carbons (Fsp3) is 0.500. The lowest BCUT2D eigenvalue weighted by Crippen LogP contribution is -2.49. The molecule has 2 heterocycles. The van der Waals surface area contributed by atoms with Gasteiger partial charge >= 0.3 is 0 Å². The number of benzene rings is 1. The topological polar surface area (TPSA) is 63.9 Å². The Balaban J connectivity index is 1.40. The second-order valence-electron chi connectivity index (χ2n) is 6.29. The van der Waals surface area contributed by atoms with E-state index in [0.29, 0.717) is 32.1 Å². The van der Waals surface area contributed by atoms with Gasteiger partial charge in [-0.05, 0) is 37.5 Å². The summed E-state index contributed by atoms with van der Waals surface area (Å²) in [6.45, 7) is 2.70. The number of nitrogens with one attached hydrogen (secondary N) is 1. The predicted molar refractivity (Wildman–Crippen MR) is 88.9 cm³/mol. The fourth-order valence-electron chi connectivity index (χ4n) is 3.36. The van der Waals surface area contributed by atoms with Crippen LogP contribution in [0.15, 0.2) is 22.6 Å². The summed E-state index contributed by atoms with van der Waals surface area (Å²) in [5.41, 5.74) is 5.06. The molecule has 0 unspecified atom stereocenters. The molecule has 6 nitrogen and oxygen atoms in total. The van der Waals surface area contributed by atoms with Crippen molar-refractivity contribution in [3.8, 4) is 5.75 Å². The van der Waals surface area contributed by atoms with Crippen molar-refractivity contribution < 1.29 is 18.7 Å². The molecule has 1 saturated heterocycles. The molecule has 24 heavy (non-hydrogen) atoms. The lowest BCUT2D eigenvalue weighted by molar-refractivity contribution is -0.130. The van der Waals surface area contributed by atoms with E-state index < -0.39 is 0 Å². The summed E-state index contributed by atoms with van der Waals surface area (Å²) in [5.74, 6) is 1.67. The maximum atomic E-state index is 12.0. The zero-order chi connectivity index (χ0) is 16.4. The molecule has 1 aromatic heterocycles. The lowest BCUT2D eigenvalue weighted by Gasteiger charge is -2.26. The second-order valence-corrected chi connectivity index (χ2v) is 6.29. The van der Waals surface area contributed by atoms with Gasteiger partial charge in [-0.3, -0.25) is 10.2 Å². The molecule has 1 aromatic carbocycles. The highest BCUT2D eigenvalue weighted by Crippen LogP contribution is 2.33. The molecular weight excluding hydrogens is 308 g/mol. The van der Waals surface area contributed by atoms with Gasteiger partial charge in [-0.25, -0.2) is 5.01 Å². The number of carbonyl (C=O) groups excluding carboxylic acids is 1. The van der Waals surface area contributed by atoms with E-state index >= 15 is 0 Å². The Kier molecular flexibility index (Phi) is 4.40. The Morgan fingerprint density at radius 2 is 2.04 bits per heavy atom. The maximum absolute atomic E-state index is 12.0. The van der Waals surface area contributed by atoms with E-state index in [1.54, 1.807) is 0 Å². The van der Waals surface area contributed by atoms with Gasteiger partial charge in [0.15, 0.2) is 6.61 Å². The van der Waals surface area contributed by atoms with Crippen LogP contribution in [0.25, 0.3) is 11.0 Å². The van der Waals surface area contributed by atoms with Crippen LogP contribution in [0.1, 0.15) is 24.2 Å². The summed E-state index contributed by atoms with van der Waals surface area (Å²) in [6.07, 6.45) is 4.47. The van der Waals surface area contributed by atoms with Gasteiger partial charge in [0.25, 0.3) is 5.91 Å². The summed E-state index contributed by atoms with van der Waals surface area (Å²) in [7, 11) is 0. The standard InChI is InChI=1S/C18H22N2O4/c21-18(19-20-7-9-22-10-8-20)12-23-13-5-6-17-15(11-13)14-3-1-2-4-16(14)24-17/h5-6,11H,1-4,7-10,12H2,(H,19,21). The molecule has 0 saturated carbocycles. The molecule has 1 aliphatic carbocycles. The quantitative estimate of drug-likeness (QED) is 0.929. The first-order valence-electron chi connectivity index (χ1n) is 8.59. The molecule has 0 bridgehead atoms. The minimum absolute atomic E-state index is 0.00288. The Morgan fingerprint density at radius 3 is 2.92 bits per heavy atom. The molecular formula is C18H22N2O4. The number of fused-ring (bicyclic) bond motifs is 3. The number of ether oxygens (including phenoxy) is 2.